The molecule has 0 bridgehead atoms. The van der Waals surface area contributed by atoms with E-state index in [-0.39, 0.29) is 23.7 Å². The lowest BCUT2D eigenvalue weighted by Gasteiger charge is -2.32. The molecule has 3 aliphatic rings. The zero-order chi connectivity index (χ0) is 20.5. The number of carbonyl (C=O) groups excluding carboxylic acids is 2. The van der Waals surface area contributed by atoms with Crippen molar-refractivity contribution >= 4 is 23.2 Å². The zero-order valence-corrected chi connectivity index (χ0v) is 16.9. The molecule has 6 heteroatoms. The number of hydrogen-bond donors (Lipinski definition) is 1. The van der Waals surface area contributed by atoms with Crippen LogP contribution in [0.1, 0.15) is 31.2 Å². The van der Waals surface area contributed by atoms with Crippen LogP contribution < -0.4 is 19.7 Å². The van der Waals surface area contributed by atoms with E-state index in [1.165, 1.54) is 5.56 Å². The Bertz CT molecular complexity index is 973. The number of rotatable bonds is 3. The van der Waals surface area contributed by atoms with E-state index in [0.717, 1.165) is 37.8 Å². The summed E-state index contributed by atoms with van der Waals surface area (Å²) in [6.45, 7) is 1.73. The Morgan fingerprint density at radius 1 is 0.933 bits per heavy atom. The van der Waals surface area contributed by atoms with E-state index in [2.05, 4.69) is 11.4 Å². The summed E-state index contributed by atoms with van der Waals surface area (Å²) in [5.41, 5.74) is 2.88. The summed E-state index contributed by atoms with van der Waals surface area (Å²) in [7, 11) is 0. The third kappa shape index (κ3) is 3.51. The molecule has 0 spiro atoms. The van der Waals surface area contributed by atoms with Gasteiger partial charge in [0.05, 0.1) is 5.92 Å². The number of amides is 2. The molecular formula is C24H26N2O4. The predicted octanol–water partition coefficient (Wildman–Crippen LogP) is 3.79. The number of nitrogens with one attached hydrogen (secondary N) is 1. The van der Waals surface area contributed by atoms with Crippen LogP contribution in [0.3, 0.4) is 0 Å². The summed E-state index contributed by atoms with van der Waals surface area (Å²) in [5.74, 6) is 0.746. The van der Waals surface area contributed by atoms with Gasteiger partial charge in [-0.05, 0) is 43.0 Å². The van der Waals surface area contributed by atoms with Crippen molar-refractivity contribution in [2.75, 3.05) is 30.0 Å². The van der Waals surface area contributed by atoms with Gasteiger partial charge in [-0.3, -0.25) is 9.59 Å². The molecule has 2 atom stereocenters. The molecule has 2 aromatic rings. The first-order valence-electron chi connectivity index (χ1n) is 10.8. The number of para-hydroxylation sites is 1. The summed E-state index contributed by atoms with van der Waals surface area (Å²) < 4.78 is 11.2. The van der Waals surface area contributed by atoms with Crippen LogP contribution in [0.25, 0.3) is 0 Å². The third-order valence-electron chi connectivity index (χ3n) is 6.38. The van der Waals surface area contributed by atoms with E-state index in [1.807, 2.05) is 35.2 Å². The molecule has 0 radical (unpaired) electrons. The smallest absolute Gasteiger partial charge is 0.230 e. The standard InChI is InChI=1S/C24H26N2O4/c27-23(25-17-9-10-21-22(15-17)30-14-13-29-21)18-6-2-3-7-19(18)24(28)26-12-11-16-5-1-4-8-20(16)26/h1,4-5,8-10,15,18-19H,2-3,6-7,11-14H2,(H,25,27). The first-order valence-corrected chi connectivity index (χ1v) is 10.8. The second kappa shape index (κ2) is 8.01. The Morgan fingerprint density at radius 3 is 2.57 bits per heavy atom. The highest BCUT2D eigenvalue weighted by Crippen LogP contribution is 2.37. The minimum atomic E-state index is -0.313. The van der Waals surface area contributed by atoms with Crippen LogP contribution in [0.15, 0.2) is 42.5 Å². The lowest BCUT2D eigenvalue weighted by molar-refractivity contribution is -0.132. The molecule has 30 heavy (non-hydrogen) atoms. The Labute approximate surface area is 176 Å². The fourth-order valence-electron chi connectivity index (χ4n) is 4.86. The number of hydrogen-bond acceptors (Lipinski definition) is 4. The van der Waals surface area contributed by atoms with Gasteiger partial charge in [0.1, 0.15) is 13.2 Å². The fourth-order valence-corrected chi connectivity index (χ4v) is 4.86. The number of carbonyl (C=O) groups is 2. The van der Waals surface area contributed by atoms with Crippen molar-refractivity contribution in [3.63, 3.8) is 0 Å². The van der Waals surface area contributed by atoms with Crippen molar-refractivity contribution in [1.82, 2.24) is 0 Å². The topological polar surface area (TPSA) is 67.9 Å². The van der Waals surface area contributed by atoms with E-state index in [9.17, 15) is 9.59 Å². The van der Waals surface area contributed by atoms with Crippen LogP contribution >= 0.6 is 0 Å². The summed E-state index contributed by atoms with van der Waals surface area (Å²) in [5, 5.41) is 3.01. The van der Waals surface area contributed by atoms with Crippen LogP contribution in [-0.4, -0.2) is 31.6 Å². The molecule has 1 N–H and O–H groups in total. The van der Waals surface area contributed by atoms with Crippen LogP contribution in [0.2, 0.25) is 0 Å². The van der Waals surface area contributed by atoms with Gasteiger partial charge in [-0.2, -0.15) is 0 Å². The molecule has 2 aliphatic heterocycles. The third-order valence-corrected chi connectivity index (χ3v) is 6.38. The molecule has 2 aromatic carbocycles. The molecular weight excluding hydrogens is 380 g/mol. The van der Waals surface area contributed by atoms with Crippen molar-refractivity contribution in [2.45, 2.75) is 32.1 Å². The first-order chi connectivity index (χ1) is 14.7. The van der Waals surface area contributed by atoms with Crippen LogP contribution in [0.5, 0.6) is 11.5 Å². The number of anilines is 2. The zero-order valence-electron chi connectivity index (χ0n) is 16.9. The van der Waals surface area contributed by atoms with Crippen LogP contribution in [-0.2, 0) is 16.0 Å². The maximum atomic E-state index is 13.4. The average Bonchev–Trinajstić information content (AvgIpc) is 3.23. The van der Waals surface area contributed by atoms with Gasteiger partial charge in [-0.25, -0.2) is 0 Å². The van der Waals surface area contributed by atoms with Crippen molar-refractivity contribution in [3.05, 3.63) is 48.0 Å². The first kappa shape index (κ1) is 19.0. The van der Waals surface area contributed by atoms with Gasteiger partial charge in [0, 0.05) is 29.9 Å². The monoisotopic (exact) mass is 406 g/mol. The lowest BCUT2D eigenvalue weighted by atomic mass is 9.77. The second-order valence-electron chi connectivity index (χ2n) is 8.21. The molecule has 2 unspecified atom stereocenters. The molecule has 5 rings (SSSR count). The van der Waals surface area contributed by atoms with E-state index in [4.69, 9.17) is 9.47 Å². The van der Waals surface area contributed by atoms with E-state index >= 15 is 0 Å². The fraction of sp³-hybridized carbons (Fsp3) is 0.417. The minimum absolute atomic E-state index is 0.0852. The highest BCUT2D eigenvalue weighted by Gasteiger charge is 2.39. The van der Waals surface area contributed by atoms with Crippen molar-refractivity contribution in [3.8, 4) is 11.5 Å². The molecule has 1 aliphatic carbocycles. The quantitative estimate of drug-likeness (QED) is 0.842. The Hall–Kier alpha value is -3.02. The van der Waals surface area contributed by atoms with Crippen LogP contribution in [0, 0.1) is 11.8 Å². The minimum Gasteiger partial charge on any atom is -0.486 e. The molecule has 156 valence electrons. The molecule has 6 nitrogen and oxygen atoms in total. The van der Waals surface area contributed by atoms with E-state index < -0.39 is 0 Å². The highest BCUT2D eigenvalue weighted by atomic mass is 16.6. The normalized spacial score (nSPS) is 22.3. The largest absolute Gasteiger partial charge is 0.486 e. The Kier molecular flexibility index (Phi) is 5.07. The van der Waals surface area contributed by atoms with Crippen molar-refractivity contribution < 1.29 is 19.1 Å². The summed E-state index contributed by atoms with van der Waals surface area (Å²) in [6, 6.07) is 13.5. The van der Waals surface area contributed by atoms with Gasteiger partial charge < -0.3 is 19.7 Å². The SMILES string of the molecule is O=C(Nc1ccc2c(c1)OCCO2)C1CCCCC1C(=O)N1CCc2ccccc21. The van der Waals surface area contributed by atoms with Crippen molar-refractivity contribution in [2.24, 2.45) is 11.8 Å². The van der Waals surface area contributed by atoms with Crippen LogP contribution in [0.4, 0.5) is 11.4 Å². The molecule has 1 saturated carbocycles. The Morgan fingerprint density at radius 2 is 1.70 bits per heavy atom. The van der Waals surface area contributed by atoms with Gasteiger partial charge >= 0.3 is 0 Å². The molecule has 2 heterocycles. The summed E-state index contributed by atoms with van der Waals surface area (Å²) >= 11 is 0. The average molecular weight is 406 g/mol. The number of fused-ring (bicyclic) bond motifs is 2. The maximum absolute atomic E-state index is 13.4. The molecule has 0 aromatic heterocycles. The van der Waals surface area contributed by atoms with E-state index in [0.29, 0.717) is 36.9 Å². The van der Waals surface area contributed by atoms with E-state index in [1.54, 1.807) is 6.07 Å². The summed E-state index contributed by atoms with van der Waals surface area (Å²) in [4.78, 5) is 28.5. The van der Waals surface area contributed by atoms with Gasteiger partial charge in [-0.15, -0.1) is 0 Å². The van der Waals surface area contributed by atoms with Gasteiger partial charge in [0.25, 0.3) is 0 Å². The second-order valence-corrected chi connectivity index (χ2v) is 8.21. The predicted molar refractivity (Wildman–Crippen MR) is 114 cm³/mol. The molecule has 1 fully saturated rings. The lowest BCUT2D eigenvalue weighted by Crippen LogP contribution is -2.43. The van der Waals surface area contributed by atoms with Gasteiger partial charge in [-0.1, -0.05) is 31.0 Å². The van der Waals surface area contributed by atoms with Gasteiger partial charge in [0.2, 0.25) is 11.8 Å². The summed E-state index contributed by atoms with van der Waals surface area (Å²) in [6.07, 6.45) is 4.33. The van der Waals surface area contributed by atoms with Gasteiger partial charge in [0.15, 0.2) is 11.5 Å². The van der Waals surface area contributed by atoms with Crippen molar-refractivity contribution in [1.29, 1.82) is 0 Å². The molecule has 2 amide bonds. The molecule has 0 saturated heterocycles. The maximum Gasteiger partial charge on any atom is 0.230 e. The number of nitrogens with zero attached hydrogens (tertiary/aromatic N) is 1. The highest BCUT2D eigenvalue weighted by molar-refractivity contribution is 6.02. The Balaban J connectivity index is 1.33. The number of benzene rings is 2. The number of ether oxygens (including phenoxy) is 2.